The molecule has 0 amide bonds. The first-order valence-corrected chi connectivity index (χ1v) is 5.10. The zero-order valence-corrected chi connectivity index (χ0v) is 8.84. The molecule has 0 aromatic rings. The van der Waals surface area contributed by atoms with Gasteiger partial charge < -0.3 is 22.9 Å². The highest BCUT2D eigenvalue weighted by molar-refractivity contribution is 4.49. The van der Waals surface area contributed by atoms with Crippen LogP contribution in [0.3, 0.4) is 0 Å². The predicted octanol–water partition coefficient (Wildman–Crippen LogP) is 0.104. The summed E-state index contributed by atoms with van der Waals surface area (Å²) in [5.74, 6) is 0. The van der Waals surface area contributed by atoms with Crippen molar-refractivity contribution in [1.29, 1.82) is 0 Å². The Hall–Kier alpha value is -0.160. The quantitative estimate of drug-likeness (QED) is 0.352. The highest BCUT2D eigenvalue weighted by Gasteiger charge is 1.90. The van der Waals surface area contributed by atoms with Crippen molar-refractivity contribution in [3.05, 3.63) is 0 Å². The van der Waals surface area contributed by atoms with Crippen LogP contribution in [0.5, 0.6) is 0 Å². The normalized spacial score (nSPS) is 9.69. The molecular weight excluding hydrogens is 164 g/mol. The Bertz CT molecular complexity index is 74.0. The average Bonchev–Trinajstić information content (AvgIpc) is 2.07. The van der Waals surface area contributed by atoms with Gasteiger partial charge in [-0.2, -0.15) is 0 Å². The van der Waals surface area contributed by atoms with Crippen molar-refractivity contribution in [1.82, 2.24) is 0 Å². The molecule has 82 valence electrons. The molecule has 0 aromatic heterocycles. The minimum atomic E-state index is -0.0958. The molecular formula is C9H26N4. The van der Waals surface area contributed by atoms with Gasteiger partial charge in [0.2, 0.25) is 0 Å². The summed E-state index contributed by atoms with van der Waals surface area (Å²) in [5, 5.41) is 0. The Morgan fingerprint density at radius 2 is 1.46 bits per heavy atom. The highest BCUT2D eigenvalue weighted by atomic mass is 14.8. The molecule has 13 heavy (non-hydrogen) atoms. The third kappa shape index (κ3) is 24.5. The molecule has 4 heteroatoms. The van der Waals surface area contributed by atoms with Crippen LogP contribution in [0.25, 0.3) is 0 Å². The van der Waals surface area contributed by atoms with Crippen molar-refractivity contribution >= 4 is 0 Å². The summed E-state index contributed by atoms with van der Waals surface area (Å²) in [7, 11) is 0. The Kier molecular flexibility index (Phi) is 16.9. The van der Waals surface area contributed by atoms with Gasteiger partial charge in [0.05, 0.1) is 6.17 Å². The van der Waals surface area contributed by atoms with E-state index < -0.39 is 0 Å². The smallest absolute Gasteiger partial charge is 0.0520 e. The van der Waals surface area contributed by atoms with Crippen molar-refractivity contribution in [2.45, 2.75) is 45.2 Å². The summed E-state index contributed by atoms with van der Waals surface area (Å²) in [4.78, 5) is 0. The van der Waals surface area contributed by atoms with Crippen molar-refractivity contribution in [3.63, 3.8) is 0 Å². The summed E-state index contributed by atoms with van der Waals surface area (Å²) in [6.07, 6.45) is 5.49. The summed E-state index contributed by atoms with van der Waals surface area (Å²) < 4.78 is 0. The fraction of sp³-hybridized carbons (Fsp3) is 1.00. The monoisotopic (exact) mass is 190 g/mol. The van der Waals surface area contributed by atoms with Gasteiger partial charge >= 0.3 is 0 Å². The second kappa shape index (κ2) is 14.4. The number of hydrogen-bond donors (Lipinski definition) is 4. The van der Waals surface area contributed by atoms with Gasteiger partial charge in [-0.05, 0) is 25.9 Å². The molecule has 0 heterocycles. The van der Waals surface area contributed by atoms with E-state index in [-0.39, 0.29) is 6.17 Å². The summed E-state index contributed by atoms with van der Waals surface area (Å²) >= 11 is 0. The molecule has 4 nitrogen and oxygen atoms in total. The van der Waals surface area contributed by atoms with Crippen molar-refractivity contribution in [2.75, 3.05) is 13.1 Å². The van der Waals surface area contributed by atoms with Crippen molar-refractivity contribution in [3.8, 4) is 0 Å². The van der Waals surface area contributed by atoms with Crippen LogP contribution in [0.15, 0.2) is 0 Å². The largest absolute Gasteiger partial charge is 0.330 e. The van der Waals surface area contributed by atoms with Gasteiger partial charge in [-0.25, -0.2) is 0 Å². The molecule has 0 bridgehead atoms. The van der Waals surface area contributed by atoms with Crippen LogP contribution < -0.4 is 22.9 Å². The van der Waals surface area contributed by atoms with Crippen LogP contribution in [0.2, 0.25) is 0 Å². The van der Waals surface area contributed by atoms with E-state index in [1.807, 2.05) is 0 Å². The molecule has 0 saturated heterocycles. The van der Waals surface area contributed by atoms with Crippen molar-refractivity contribution in [2.24, 2.45) is 22.9 Å². The lowest BCUT2D eigenvalue weighted by atomic mass is 10.2. The molecule has 0 aliphatic rings. The minimum absolute atomic E-state index is 0.0958. The lowest BCUT2D eigenvalue weighted by Crippen LogP contribution is -2.29. The van der Waals surface area contributed by atoms with Crippen LogP contribution in [-0.2, 0) is 0 Å². The molecule has 0 aromatic carbocycles. The van der Waals surface area contributed by atoms with E-state index in [0.29, 0.717) is 0 Å². The van der Waals surface area contributed by atoms with E-state index in [0.717, 1.165) is 25.9 Å². The first-order valence-electron chi connectivity index (χ1n) is 5.10. The van der Waals surface area contributed by atoms with Crippen LogP contribution in [0.4, 0.5) is 0 Å². The fourth-order valence-corrected chi connectivity index (χ4v) is 0.748. The molecule has 0 saturated carbocycles. The number of rotatable bonds is 6. The van der Waals surface area contributed by atoms with E-state index in [2.05, 4.69) is 6.92 Å². The Morgan fingerprint density at radius 1 is 0.923 bits per heavy atom. The first kappa shape index (κ1) is 15.3. The van der Waals surface area contributed by atoms with Gasteiger partial charge in [-0.15, -0.1) is 0 Å². The maximum absolute atomic E-state index is 5.31. The van der Waals surface area contributed by atoms with E-state index in [1.165, 1.54) is 19.3 Å². The van der Waals surface area contributed by atoms with Crippen LogP contribution >= 0.6 is 0 Å². The second-order valence-corrected chi connectivity index (χ2v) is 3.09. The van der Waals surface area contributed by atoms with E-state index in [9.17, 15) is 0 Å². The highest BCUT2D eigenvalue weighted by Crippen LogP contribution is 1.97. The Labute approximate surface area is 82.0 Å². The molecule has 0 atom stereocenters. The molecule has 0 rings (SSSR count). The molecule has 8 N–H and O–H groups in total. The van der Waals surface area contributed by atoms with Crippen LogP contribution in [0, 0.1) is 0 Å². The number of nitrogens with two attached hydrogens (primary N) is 4. The van der Waals surface area contributed by atoms with Gasteiger partial charge in [0.25, 0.3) is 0 Å². The molecule has 0 spiro atoms. The minimum Gasteiger partial charge on any atom is -0.330 e. The first-order chi connectivity index (χ1) is 6.18. The maximum atomic E-state index is 5.31. The van der Waals surface area contributed by atoms with Crippen molar-refractivity contribution < 1.29 is 0 Å². The fourth-order valence-electron chi connectivity index (χ4n) is 0.748. The van der Waals surface area contributed by atoms with Gasteiger partial charge in [0, 0.05) is 0 Å². The molecule has 0 unspecified atom stereocenters. The maximum Gasteiger partial charge on any atom is 0.0520 e. The number of unbranched alkanes of at least 4 members (excludes halogenated alkanes) is 2. The van der Waals surface area contributed by atoms with E-state index in [4.69, 9.17) is 22.9 Å². The van der Waals surface area contributed by atoms with Crippen LogP contribution in [0.1, 0.15) is 39.0 Å². The molecule has 0 radical (unpaired) electrons. The Balaban J connectivity index is 0. The van der Waals surface area contributed by atoms with Gasteiger partial charge in [-0.1, -0.05) is 26.2 Å². The molecule has 0 aliphatic carbocycles. The van der Waals surface area contributed by atoms with Gasteiger partial charge in [0.1, 0.15) is 0 Å². The summed E-state index contributed by atoms with van der Waals surface area (Å²) in [6.45, 7) is 3.61. The van der Waals surface area contributed by atoms with Gasteiger partial charge in [-0.3, -0.25) is 0 Å². The lowest BCUT2D eigenvalue weighted by Gasteiger charge is -2.01. The summed E-state index contributed by atoms with van der Waals surface area (Å²) in [6, 6.07) is 0. The second-order valence-electron chi connectivity index (χ2n) is 3.09. The summed E-state index contributed by atoms with van der Waals surface area (Å²) in [5.41, 5.74) is 20.7. The lowest BCUT2D eigenvalue weighted by molar-refractivity contribution is 0.575. The van der Waals surface area contributed by atoms with Gasteiger partial charge in [0.15, 0.2) is 0 Å². The zero-order chi connectivity index (χ0) is 10.5. The van der Waals surface area contributed by atoms with Crippen LogP contribution in [-0.4, -0.2) is 19.3 Å². The van der Waals surface area contributed by atoms with E-state index in [1.54, 1.807) is 0 Å². The zero-order valence-electron chi connectivity index (χ0n) is 8.84. The standard InChI is InChI=1S/C6H16N2.C3H10N2/c1-2-3-4-5-6(7)8;4-2-1-3-5/h6H,2-5,7-8H2,1H3;1-5H2. The van der Waals surface area contributed by atoms with E-state index >= 15 is 0 Å². The molecule has 0 aliphatic heterocycles. The number of hydrogen-bond acceptors (Lipinski definition) is 4. The third-order valence-electron chi connectivity index (χ3n) is 1.55. The average molecular weight is 190 g/mol. The third-order valence-corrected chi connectivity index (χ3v) is 1.55. The topological polar surface area (TPSA) is 104 Å². The SMILES string of the molecule is CCCCCC(N)N.NCCCN. The Morgan fingerprint density at radius 3 is 1.69 bits per heavy atom. The molecule has 0 fully saturated rings. The predicted molar refractivity (Wildman–Crippen MR) is 59.0 cm³/mol.